The Hall–Kier alpha value is -4.44. The summed E-state index contributed by atoms with van der Waals surface area (Å²) in [6.07, 6.45) is 6.17. The largest absolute Gasteiger partial charge is 1.00 e. The highest BCUT2D eigenvalue weighted by Crippen LogP contribution is 2.31. The SMILES string of the molecule is CC(C)Oc1ccc(C(C[n+]2ccn(CCc3ccccc3)c2)Oc2cc([N+](=O)[O-])cc([N+](=O)[O-])c2)cc1.[Cl-]. The predicted octanol–water partition coefficient (Wildman–Crippen LogP) is 2.45. The highest BCUT2D eigenvalue weighted by molar-refractivity contribution is 5.49. The lowest BCUT2D eigenvalue weighted by Crippen LogP contribution is -3.00. The summed E-state index contributed by atoms with van der Waals surface area (Å²) in [4.78, 5) is 21.4. The molecule has 4 aromatic rings. The van der Waals surface area contributed by atoms with Gasteiger partial charge in [-0.1, -0.05) is 42.5 Å². The summed E-state index contributed by atoms with van der Waals surface area (Å²) in [6.45, 7) is 5.04. The lowest BCUT2D eigenvalue weighted by Gasteiger charge is -2.19. The first-order chi connectivity index (χ1) is 18.3. The van der Waals surface area contributed by atoms with E-state index in [4.69, 9.17) is 9.47 Å². The molecule has 11 heteroatoms. The number of nitro benzene ring substituents is 2. The maximum atomic E-state index is 11.4. The molecule has 1 heterocycles. The summed E-state index contributed by atoms with van der Waals surface area (Å²) >= 11 is 0. The van der Waals surface area contributed by atoms with Crippen molar-refractivity contribution in [3.05, 3.63) is 123 Å². The van der Waals surface area contributed by atoms with Crippen molar-refractivity contribution in [2.24, 2.45) is 0 Å². The minimum Gasteiger partial charge on any atom is -1.00 e. The molecule has 3 aromatic carbocycles. The van der Waals surface area contributed by atoms with Gasteiger partial charge in [-0.25, -0.2) is 9.13 Å². The number of aryl methyl sites for hydroxylation is 2. The lowest BCUT2D eigenvalue weighted by atomic mass is 10.1. The van der Waals surface area contributed by atoms with Gasteiger partial charge in [0.25, 0.3) is 11.4 Å². The summed E-state index contributed by atoms with van der Waals surface area (Å²) in [5.41, 5.74) is 1.21. The molecule has 0 amide bonds. The number of hydrogen-bond donors (Lipinski definition) is 0. The minimum atomic E-state index is -0.672. The zero-order valence-corrected chi connectivity index (χ0v) is 22.3. The lowest BCUT2D eigenvalue weighted by molar-refractivity contribution is -0.703. The van der Waals surface area contributed by atoms with E-state index in [1.54, 1.807) is 0 Å². The molecule has 0 aliphatic rings. The summed E-state index contributed by atoms with van der Waals surface area (Å²) in [6, 6.07) is 20.9. The van der Waals surface area contributed by atoms with E-state index in [1.165, 1.54) is 17.7 Å². The van der Waals surface area contributed by atoms with Crippen LogP contribution in [0.4, 0.5) is 11.4 Å². The Morgan fingerprint density at radius 3 is 2.10 bits per heavy atom. The summed E-state index contributed by atoms with van der Waals surface area (Å²) in [7, 11) is 0. The van der Waals surface area contributed by atoms with Crippen LogP contribution >= 0.6 is 0 Å². The van der Waals surface area contributed by atoms with Crippen molar-refractivity contribution in [2.75, 3.05) is 0 Å². The van der Waals surface area contributed by atoms with Gasteiger partial charge in [-0.15, -0.1) is 0 Å². The fraction of sp³-hybridized carbons (Fsp3) is 0.250. The summed E-state index contributed by atoms with van der Waals surface area (Å²) in [5, 5.41) is 22.7. The summed E-state index contributed by atoms with van der Waals surface area (Å²) < 4.78 is 15.9. The van der Waals surface area contributed by atoms with Gasteiger partial charge in [-0.3, -0.25) is 20.2 Å². The second kappa shape index (κ2) is 13.4. The standard InChI is InChI=1S/C28H29N4O6.ClH/c1-21(2)37-26-10-8-23(9-11-26)28(38-27-17-24(31(33)34)16-25(18-27)32(35)36)19-30-15-14-29(20-30)13-12-22-6-4-3-5-7-22;/h3-11,14-18,20-21,28H,12-13,19H2,1-2H3;1H/q+1;/p-1. The van der Waals surface area contributed by atoms with Crippen LogP contribution in [0, 0.1) is 20.2 Å². The Balaban J connectivity index is 0.00000420. The Kier molecular flexibility index (Phi) is 9.99. The van der Waals surface area contributed by atoms with Crippen molar-refractivity contribution in [1.82, 2.24) is 4.57 Å². The fourth-order valence-corrected chi connectivity index (χ4v) is 4.03. The van der Waals surface area contributed by atoms with E-state index in [2.05, 4.69) is 16.7 Å². The van der Waals surface area contributed by atoms with Gasteiger partial charge in [0, 0.05) is 6.42 Å². The highest BCUT2D eigenvalue weighted by Gasteiger charge is 2.23. The molecule has 0 spiro atoms. The quantitative estimate of drug-likeness (QED) is 0.151. The number of non-ortho nitro benzene ring substituents is 2. The highest BCUT2D eigenvalue weighted by atomic mass is 35.5. The van der Waals surface area contributed by atoms with Crippen LogP contribution in [0.1, 0.15) is 31.1 Å². The monoisotopic (exact) mass is 552 g/mol. The third-order valence-corrected chi connectivity index (χ3v) is 5.82. The molecule has 1 aromatic heterocycles. The van der Waals surface area contributed by atoms with Crippen LogP contribution in [0.25, 0.3) is 0 Å². The van der Waals surface area contributed by atoms with E-state index < -0.39 is 27.3 Å². The molecule has 0 saturated carbocycles. The van der Waals surface area contributed by atoms with Gasteiger partial charge in [0.1, 0.15) is 30.4 Å². The number of nitrogens with zero attached hydrogens (tertiary/aromatic N) is 4. The summed E-state index contributed by atoms with van der Waals surface area (Å²) in [5.74, 6) is 0.746. The Morgan fingerprint density at radius 2 is 1.51 bits per heavy atom. The van der Waals surface area contributed by atoms with Crippen molar-refractivity contribution in [2.45, 2.75) is 45.6 Å². The molecule has 0 radical (unpaired) electrons. The van der Waals surface area contributed by atoms with Crippen molar-refractivity contribution < 1.29 is 36.3 Å². The molecule has 10 nitrogen and oxygen atoms in total. The first kappa shape index (κ1) is 29.1. The zero-order chi connectivity index (χ0) is 27.1. The van der Waals surface area contributed by atoms with E-state index in [0.717, 1.165) is 24.6 Å². The Labute approximate surface area is 232 Å². The van der Waals surface area contributed by atoms with Crippen LogP contribution in [0.15, 0.2) is 91.5 Å². The third kappa shape index (κ3) is 8.27. The number of nitro groups is 2. The number of hydrogen-bond acceptors (Lipinski definition) is 6. The van der Waals surface area contributed by atoms with Crippen molar-refractivity contribution in [3.8, 4) is 11.5 Å². The van der Waals surface area contributed by atoms with E-state index in [9.17, 15) is 20.2 Å². The van der Waals surface area contributed by atoms with E-state index >= 15 is 0 Å². The zero-order valence-electron chi connectivity index (χ0n) is 21.6. The van der Waals surface area contributed by atoms with Crippen LogP contribution < -0.4 is 26.4 Å². The molecule has 0 N–H and O–H groups in total. The maximum absolute atomic E-state index is 11.4. The number of halogens is 1. The molecule has 0 fully saturated rings. The molecule has 4 rings (SSSR count). The average Bonchev–Trinajstić information content (AvgIpc) is 3.35. The molecule has 1 atom stereocenters. The van der Waals surface area contributed by atoms with Gasteiger partial charge in [0.05, 0.1) is 40.7 Å². The van der Waals surface area contributed by atoms with Gasteiger partial charge < -0.3 is 21.9 Å². The molecule has 0 aliphatic heterocycles. The molecule has 1 unspecified atom stereocenters. The van der Waals surface area contributed by atoms with Gasteiger partial charge in [0.2, 0.25) is 6.33 Å². The Bertz CT molecular complexity index is 1360. The van der Waals surface area contributed by atoms with Gasteiger partial charge in [-0.05, 0) is 37.1 Å². The third-order valence-electron chi connectivity index (χ3n) is 5.82. The Morgan fingerprint density at radius 1 is 0.872 bits per heavy atom. The normalized spacial score (nSPS) is 11.5. The molecule has 0 aliphatic carbocycles. The number of rotatable bonds is 12. The second-order valence-electron chi connectivity index (χ2n) is 9.13. The molecule has 204 valence electrons. The second-order valence-corrected chi connectivity index (χ2v) is 9.13. The number of ether oxygens (including phenoxy) is 2. The van der Waals surface area contributed by atoms with Crippen molar-refractivity contribution in [3.63, 3.8) is 0 Å². The van der Waals surface area contributed by atoms with Crippen LogP contribution in [0.3, 0.4) is 0 Å². The number of aromatic nitrogens is 2. The first-order valence-corrected chi connectivity index (χ1v) is 12.2. The molecule has 0 saturated heterocycles. The molecule has 0 bridgehead atoms. The molecular formula is C28H29ClN4O6. The topological polar surface area (TPSA) is 114 Å². The van der Waals surface area contributed by atoms with Crippen LogP contribution in [0.5, 0.6) is 11.5 Å². The van der Waals surface area contributed by atoms with Crippen LogP contribution in [0.2, 0.25) is 0 Å². The number of benzene rings is 3. The van der Waals surface area contributed by atoms with Gasteiger partial charge in [0.15, 0.2) is 6.10 Å². The fourth-order valence-electron chi connectivity index (χ4n) is 4.03. The van der Waals surface area contributed by atoms with Crippen LogP contribution in [-0.2, 0) is 19.5 Å². The first-order valence-electron chi connectivity index (χ1n) is 12.2. The number of imidazole rings is 1. The van der Waals surface area contributed by atoms with Crippen LogP contribution in [-0.4, -0.2) is 20.5 Å². The molecule has 39 heavy (non-hydrogen) atoms. The smallest absolute Gasteiger partial charge is 0.280 e. The van der Waals surface area contributed by atoms with E-state index in [0.29, 0.717) is 12.3 Å². The average molecular weight is 553 g/mol. The minimum absolute atomic E-state index is 0. The van der Waals surface area contributed by atoms with Crippen molar-refractivity contribution in [1.29, 1.82) is 0 Å². The van der Waals surface area contributed by atoms with Gasteiger partial charge in [-0.2, -0.15) is 0 Å². The van der Waals surface area contributed by atoms with Gasteiger partial charge >= 0.3 is 0 Å². The van der Waals surface area contributed by atoms with Crippen molar-refractivity contribution >= 4 is 11.4 Å². The predicted molar refractivity (Wildman–Crippen MR) is 140 cm³/mol. The van der Waals surface area contributed by atoms with E-state index in [1.807, 2.05) is 79.6 Å². The van der Waals surface area contributed by atoms with E-state index in [-0.39, 0.29) is 24.3 Å². The molecular weight excluding hydrogens is 524 g/mol. The maximum Gasteiger partial charge on any atom is 0.280 e.